The Hall–Kier alpha value is -1.83. The molecule has 0 saturated carbocycles. The first-order valence-corrected chi connectivity index (χ1v) is 6.73. The second-order valence-electron chi connectivity index (χ2n) is 5.09. The van der Waals surface area contributed by atoms with E-state index in [2.05, 4.69) is 16.4 Å². The Morgan fingerprint density at radius 2 is 2.26 bits per heavy atom. The van der Waals surface area contributed by atoms with Gasteiger partial charge in [0.2, 0.25) is 0 Å². The summed E-state index contributed by atoms with van der Waals surface area (Å²) in [5, 5.41) is 24.0. The summed E-state index contributed by atoms with van der Waals surface area (Å²) in [6, 6.07) is 7.86. The highest BCUT2D eigenvalue weighted by Gasteiger charge is 2.25. The minimum Gasteiger partial charge on any atom is -0.387 e. The predicted octanol–water partition coefficient (Wildman–Crippen LogP) is 2.22. The van der Waals surface area contributed by atoms with Crippen LogP contribution in [0.1, 0.15) is 36.5 Å². The van der Waals surface area contributed by atoms with E-state index in [0.29, 0.717) is 5.56 Å². The van der Waals surface area contributed by atoms with Crippen molar-refractivity contribution < 1.29 is 5.11 Å². The third kappa shape index (κ3) is 2.12. The molecule has 2 unspecified atom stereocenters. The average Bonchev–Trinajstić information content (AvgIpc) is 2.91. The minimum absolute atomic E-state index is 0.0829. The lowest BCUT2D eigenvalue weighted by atomic mass is 9.93. The monoisotopic (exact) mass is 255 g/mol. The van der Waals surface area contributed by atoms with Gasteiger partial charge in [-0.15, -0.1) is 0 Å². The molecule has 1 aromatic heterocycles. The van der Waals surface area contributed by atoms with Crippen LogP contribution in [-0.4, -0.2) is 22.7 Å². The Kier molecular flexibility index (Phi) is 3.24. The molecule has 0 radical (unpaired) electrons. The first-order valence-electron chi connectivity index (χ1n) is 6.73. The van der Waals surface area contributed by atoms with Crippen LogP contribution in [0.5, 0.6) is 0 Å². The molecule has 4 nitrogen and oxygen atoms in total. The van der Waals surface area contributed by atoms with E-state index in [1.165, 1.54) is 6.42 Å². The van der Waals surface area contributed by atoms with E-state index in [0.717, 1.165) is 35.9 Å². The average molecular weight is 255 g/mol. The Morgan fingerprint density at radius 3 is 3.00 bits per heavy atom. The third-order valence-corrected chi connectivity index (χ3v) is 3.90. The van der Waals surface area contributed by atoms with Gasteiger partial charge in [0.25, 0.3) is 0 Å². The van der Waals surface area contributed by atoms with Gasteiger partial charge < -0.3 is 15.4 Å². The molecule has 98 valence electrons. The zero-order valence-electron chi connectivity index (χ0n) is 10.7. The van der Waals surface area contributed by atoms with E-state index in [9.17, 15) is 10.4 Å². The van der Waals surface area contributed by atoms with Gasteiger partial charge in [0.15, 0.2) is 0 Å². The number of nitriles is 1. The molecular formula is C15H17N3O. The van der Waals surface area contributed by atoms with Crippen LogP contribution in [0.15, 0.2) is 24.4 Å². The summed E-state index contributed by atoms with van der Waals surface area (Å²) in [7, 11) is 0. The van der Waals surface area contributed by atoms with Gasteiger partial charge in [0.1, 0.15) is 0 Å². The maximum Gasteiger partial charge on any atom is 0.0998 e. The molecule has 2 heterocycles. The molecule has 19 heavy (non-hydrogen) atoms. The number of piperidine rings is 1. The molecule has 1 aliphatic rings. The molecule has 1 fully saturated rings. The quantitative estimate of drug-likeness (QED) is 0.770. The van der Waals surface area contributed by atoms with E-state index in [4.69, 9.17) is 0 Å². The van der Waals surface area contributed by atoms with Crippen molar-refractivity contribution in [2.75, 3.05) is 6.54 Å². The zero-order valence-corrected chi connectivity index (χ0v) is 10.7. The molecule has 4 heteroatoms. The van der Waals surface area contributed by atoms with Crippen molar-refractivity contribution in [3.05, 3.63) is 35.5 Å². The summed E-state index contributed by atoms with van der Waals surface area (Å²) >= 11 is 0. The molecule has 0 bridgehead atoms. The number of benzene rings is 1. The molecule has 1 aliphatic heterocycles. The lowest BCUT2D eigenvalue weighted by Crippen LogP contribution is -2.38. The smallest absolute Gasteiger partial charge is 0.0998 e. The van der Waals surface area contributed by atoms with E-state index in [1.807, 2.05) is 18.3 Å². The third-order valence-electron chi connectivity index (χ3n) is 3.90. The number of rotatable bonds is 2. The first kappa shape index (κ1) is 12.2. The topological polar surface area (TPSA) is 71.8 Å². The summed E-state index contributed by atoms with van der Waals surface area (Å²) in [5.74, 6) is 0. The maximum atomic E-state index is 10.6. The lowest BCUT2D eigenvalue weighted by molar-refractivity contribution is 0.115. The predicted molar refractivity (Wildman–Crippen MR) is 73.6 cm³/mol. The normalized spacial score (nSPS) is 21.2. The molecule has 2 atom stereocenters. The number of H-pyrrole nitrogens is 1. The number of hydrogen-bond acceptors (Lipinski definition) is 3. The minimum atomic E-state index is -0.566. The highest BCUT2D eigenvalue weighted by Crippen LogP contribution is 2.31. The Balaban J connectivity index is 2.02. The van der Waals surface area contributed by atoms with Crippen molar-refractivity contribution in [2.45, 2.75) is 31.4 Å². The van der Waals surface area contributed by atoms with Crippen molar-refractivity contribution in [1.82, 2.24) is 10.3 Å². The van der Waals surface area contributed by atoms with E-state index in [-0.39, 0.29) is 6.04 Å². The van der Waals surface area contributed by atoms with Crippen molar-refractivity contribution in [3.63, 3.8) is 0 Å². The molecule has 0 aliphatic carbocycles. The molecule has 0 amide bonds. The van der Waals surface area contributed by atoms with Gasteiger partial charge in [0.05, 0.1) is 17.7 Å². The summed E-state index contributed by atoms with van der Waals surface area (Å²) in [6.45, 7) is 0.954. The van der Waals surface area contributed by atoms with Crippen LogP contribution < -0.4 is 5.32 Å². The fourth-order valence-corrected chi connectivity index (χ4v) is 2.90. The molecule has 1 aromatic carbocycles. The van der Waals surface area contributed by atoms with Crippen molar-refractivity contribution >= 4 is 10.9 Å². The molecule has 2 aromatic rings. The van der Waals surface area contributed by atoms with Gasteiger partial charge in [-0.3, -0.25) is 0 Å². The number of hydrogen-bond donors (Lipinski definition) is 3. The highest BCUT2D eigenvalue weighted by molar-refractivity contribution is 5.89. The fourth-order valence-electron chi connectivity index (χ4n) is 2.90. The van der Waals surface area contributed by atoms with Gasteiger partial charge in [0, 0.05) is 28.7 Å². The Bertz CT molecular complexity index is 620. The van der Waals surface area contributed by atoms with Crippen LogP contribution in [-0.2, 0) is 0 Å². The number of aromatic amines is 1. The maximum absolute atomic E-state index is 10.6. The standard InChI is InChI=1S/C15H17N3O/c16-8-10-4-3-6-12-14(10)11(9-18-12)15(19)13-5-1-2-7-17-13/h3-4,6,9,13,15,17-19H,1-2,5,7H2. The second-order valence-corrected chi connectivity index (χ2v) is 5.09. The van der Waals surface area contributed by atoms with Crippen molar-refractivity contribution in [3.8, 4) is 6.07 Å². The number of nitrogens with one attached hydrogen (secondary N) is 2. The number of aliphatic hydroxyl groups excluding tert-OH is 1. The van der Waals surface area contributed by atoms with Crippen LogP contribution in [0.4, 0.5) is 0 Å². The summed E-state index contributed by atoms with van der Waals surface area (Å²) in [5.41, 5.74) is 2.35. The Labute approximate surface area is 112 Å². The first-order chi connectivity index (χ1) is 9.31. The van der Waals surface area contributed by atoms with Gasteiger partial charge in [-0.1, -0.05) is 12.5 Å². The highest BCUT2D eigenvalue weighted by atomic mass is 16.3. The summed E-state index contributed by atoms with van der Waals surface area (Å²) < 4.78 is 0. The van der Waals surface area contributed by atoms with Gasteiger partial charge >= 0.3 is 0 Å². The molecule has 0 spiro atoms. The number of aliphatic hydroxyl groups is 1. The molecule has 3 rings (SSSR count). The van der Waals surface area contributed by atoms with Gasteiger partial charge in [-0.2, -0.15) is 5.26 Å². The van der Waals surface area contributed by atoms with Crippen LogP contribution >= 0.6 is 0 Å². The molecule has 1 saturated heterocycles. The summed E-state index contributed by atoms with van der Waals surface area (Å²) in [6.07, 6.45) is 4.54. The van der Waals surface area contributed by atoms with Crippen LogP contribution in [0.3, 0.4) is 0 Å². The van der Waals surface area contributed by atoms with E-state index >= 15 is 0 Å². The molecule has 3 N–H and O–H groups in total. The zero-order chi connectivity index (χ0) is 13.2. The summed E-state index contributed by atoms with van der Waals surface area (Å²) in [4.78, 5) is 3.14. The second kappa shape index (κ2) is 5.04. The number of aromatic nitrogens is 1. The van der Waals surface area contributed by atoms with Crippen LogP contribution in [0, 0.1) is 11.3 Å². The van der Waals surface area contributed by atoms with Gasteiger partial charge in [-0.25, -0.2) is 0 Å². The van der Waals surface area contributed by atoms with Crippen molar-refractivity contribution in [2.24, 2.45) is 0 Å². The lowest BCUT2D eigenvalue weighted by Gasteiger charge is -2.28. The Morgan fingerprint density at radius 1 is 1.37 bits per heavy atom. The van der Waals surface area contributed by atoms with E-state index < -0.39 is 6.10 Å². The van der Waals surface area contributed by atoms with Crippen LogP contribution in [0.2, 0.25) is 0 Å². The van der Waals surface area contributed by atoms with Gasteiger partial charge in [-0.05, 0) is 31.5 Å². The largest absolute Gasteiger partial charge is 0.387 e. The molecular weight excluding hydrogens is 238 g/mol. The SMILES string of the molecule is N#Cc1cccc2[nH]cc(C(O)C3CCCCN3)c12. The fraction of sp³-hybridized carbons (Fsp3) is 0.400. The van der Waals surface area contributed by atoms with E-state index in [1.54, 1.807) is 6.07 Å². The van der Waals surface area contributed by atoms with Crippen molar-refractivity contribution in [1.29, 1.82) is 5.26 Å². The number of nitrogens with zero attached hydrogens (tertiary/aromatic N) is 1. The van der Waals surface area contributed by atoms with Crippen LogP contribution in [0.25, 0.3) is 10.9 Å². The number of fused-ring (bicyclic) bond motifs is 1.